The highest BCUT2D eigenvalue weighted by Gasteiger charge is 2.23. The molecule has 1 aromatic rings. The van der Waals surface area contributed by atoms with Gasteiger partial charge in [-0.15, -0.1) is 0 Å². The van der Waals surface area contributed by atoms with Crippen molar-refractivity contribution in [2.24, 2.45) is 5.92 Å². The van der Waals surface area contributed by atoms with E-state index in [2.05, 4.69) is 0 Å². The fraction of sp³-hybridized carbons (Fsp3) is 0.600. The van der Waals surface area contributed by atoms with Crippen molar-refractivity contribution in [1.82, 2.24) is 0 Å². The first-order chi connectivity index (χ1) is 12.2. The van der Waals surface area contributed by atoms with Gasteiger partial charge in [-0.1, -0.05) is 6.07 Å². The molecule has 0 bridgehead atoms. The molecule has 0 unspecified atom stereocenters. The van der Waals surface area contributed by atoms with Gasteiger partial charge in [-0.25, -0.2) is 4.79 Å². The van der Waals surface area contributed by atoms with E-state index in [4.69, 9.17) is 19.3 Å². The van der Waals surface area contributed by atoms with Crippen LogP contribution in [0.4, 0.5) is 0 Å². The van der Waals surface area contributed by atoms with Crippen molar-refractivity contribution in [2.75, 3.05) is 19.8 Å². The Morgan fingerprint density at radius 3 is 2.54 bits per heavy atom. The van der Waals surface area contributed by atoms with Crippen molar-refractivity contribution in [2.45, 2.75) is 52.1 Å². The molecule has 144 valence electrons. The summed E-state index contributed by atoms with van der Waals surface area (Å²) in [4.78, 5) is 23.4. The molecule has 2 rings (SSSR count). The Kier molecular flexibility index (Phi) is 7.03. The van der Waals surface area contributed by atoms with Crippen LogP contribution in [0.3, 0.4) is 0 Å². The Bertz CT molecular complexity index is 626. The third-order valence-electron chi connectivity index (χ3n) is 4.11. The zero-order valence-electron chi connectivity index (χ0n) is 15.7. The van der Waals surface area contributed by atoms with Crippen LogP contribution in [0.2, 0.25) is 0 Å². The van der Waals surface area contributed by atoms with Gasteiger partial charge in [-0.3, -0.25) is 4.79 Å². The van der Waals surface area contributed by atoms with Crippen molar-refractivity contribution in [3.63, 3.8) is 0 Å². The molecule has 1 fully saturated rings. The summed E-state index contributed by atoms with van der Waals surface area (Å²) < 4.78 is 16.8. The summed E-state index contributed by atoms with van der Waals surface area (Å²) >= 11 is 0. The van der Waals surface area contributed by atoms with Gasteiger partial charge in [0.15, 0.2) is 0 Å². The number of carboxylic acids is 1. The minimum Gasteiger partial charge on any atom is -0.492 e. The number of aliphatic carboxylic acids is 1. The second-order valence-corrected chi connectivity index (χ2v) is 7.59. The highest BCUT2D eigenvalue weighted by atomic mass is 16.6. The normalized spacial score (nSPS) is 15.5. The SMILES string of the molecule is CC(C)(C)OC(=O)c1cc(CCC(=O)O)ccc1OCC1CCOCC1. The zero-order valence-corrected chi connectivity index (χ0v) is 15.7. The first-order valence-corrected chi connectivity index (χ1v) is 9.03. The number of rotatable bonds is 7. The van der Waals surface area contributed by atoms with E-state index in [-0.39, 0.29) is 6.42 Å². The van der Waals surface area contributed by atoms with Crippen LogP contribution in [0.5, 0.6) is 5.75 Å². The van der Waals surface area contributed by atoms with Crippen molar-refractivity contribution in [3.8, 4) is 5.75 Å². The number of ether oxygens (including phenoxy) is 3. The topological polar surface area (TPSA) is 82.1 Å². The fourth-order valence-corrected chi connectivity index (χ4v) is 2.72. The molecule has 1 saturated heterocycles. The van der Waals surface area contributed by atoms with Crippen LogP contribution in [0.25, 0.3) is 0 Å². The lowest BCUT2D eigenvalue weighted by molar-refractivity contribution is -0.136. The lowest BCUT2D eigenvalue weighted by Crippen LogP contribution is -2.25. The molecule has 1 heterocycles. The molecule has 6 heteroatoms. The van der Waals surface area contributed by atoms with E-state index in [0.717, 1.165) is 31.6 Å². The lowest BCUT2D eigenvalue weighted by atomic mass is 10.0. The largest absolute Gasteiger partial charge is 0.492 e. The van der Waals surface area contributed by atoms with Crippen molar-refractivity contribution < 1.29 is 28.9 Å². The van der Waals surface area contributed by atoms with Gasteiger partial charge in [-0.2, -0.15) is 0 Å². The number of esters is 1. The molecule has 0 amide bonds. The summed E-state index contributed by atoms with van der Waals surface area (Å²) in [5.74, 6) is -0.452. The third-order valence-corrected chi connectivity index (χ3v) is 4.11. The standard InChI is InChI=1S/C20H28O6/c1-20(2,3)26-19(23)16-12-14(5-7-18(21)22)4-6-17(16)25-13-15-8-10-24-11-9-15/h4,6,12,15H,5,7-11,13H2,1-3H3,(H,21,22). The number of benzene rings is 1. The van der Waals surface area contributed by atoms with Gasteiger partial charge >= 0.3 is 11.9 Å². The average molecular weight is 364 g/mol. The maximum Gasteiger partial charge on any atom is 0.342 e. The van der Waals surface area contributed by atoms with Gasteiger partial charge in [0.1, 0.15) is 16.9 Å². The molecule has 0 atom stereocenters. The molecule has 1 aromatic carbocycles. The minimum atomic E-state index is -0.872. The monoisotopic (exact) mass is 364 g/mol. The van der Waals surface area contributed by atoms with E-state index in [1.54, 1.807) is 18.2 Å². The average Bonchev–Trinajstić information content (AvgIpc) is 2.58. The van der Waals surface area contributed by atoms with E-state index in [0.29, 0.717) is 30.3 Å². The molecule has 6 nitrogen and oxygen atoms in total. The van der Waals surface area contributed by atoms with Gasteiger partial charge < -0.3 is 19.3 Å². The maximum absolute atomic E-state index is 12.6. The Labute approximate surface area is 154 Å². The Hall–Kier alpha value is -2.08. The molecule has 26 heavy (non-hydrogen) atoms. The van der Waals surface area contributed by atoms with Crippen LogP contribution in [0.1, 0.15) is 56.0 Å². The molecule has 1 aliphatic heterocycles. The molecule has 1 aliphatic rings. The summed E-state index contributed by atoms with van der Waals surface area (Å²) in [6.45, 7) is 7.42. The van der Waals surface area contributed by atoms with E-state index < -0.39 is 17.5 Å². The van der Waals surface area contributed by atoms with Gasteiger partial charge in [0.05, 0.1) is 6.61 Å². The van der Waals surface area contributed by atoms with E-state index in [1.807, 2.05) is 20.8 Å². The van der Waals surface area contributed by atoms with E-state index in [1.165, 1.54) is 0 Å². The molecule has 0 aromatic heterocycles. The van der Waals surface area contributed by atoms with Crippen LogP contribution >= 0.6 is 0 Å². The van der Waals surface area contributed by atoms with Gasteiger partial charge in [-0.05, 0) is 63.6 Å². The van der Waals surface area contributed by atoms with Gasteiger partial charge in [0, 0.05) is 19.6 Å². The number of carbonyl (C=O) groups excluding carboxylic acids is 1. The third kappa shape index (κ3) is 6.67. The summed E-state index contributed by atoms with van der Waals surface area (Å²) in [7, 11) is 0. The van der Waals surface area contributed by atoms with Crippen LogP contribution in [0, 0.1) is 5.92 Å². The number of aryl methyl sites for hydroxylation is 1. The predicted molar refractivity (Wildman–Crippen MR) is 96.6 cm³/mol. The van der Waals surface area contributed by atoms with Crippen molar-refractivity contribution in [3.05, 3.63) is 29.3 Å². The molecular weight excluding hydrogens is 336 g/mol. The van der Waals surface area contributed by atoms with Gasteiger partial charge in [0.2, 0.25) is 0 Å². The molecular formula is C20H28O6. The molecule has 0 radical (unpaired) electrons. The number of hydrogen-bond donors (Lipinski definition) is 1. The summed E-state index contributed by atoms with van der Waals surface area (Å²) in [5.41, 5.74) is 0.494. The number of carbonyl (C=O) groups is 2. The zero-order chi connectivity index (χ0) is 19.2. The molecule has 0 spiro atoms. The second-order valence-electron chi connectivity index (χ2n) is 7.59. The molecule has 0 aliphatic carbocycles. The Balaban J connectivity index is 2.15. The van der Waals surface area contributed by atoms with Gasteiger partial charge in [0.25, 0.3) is 0 Å². The van der Waals surface area contributed by atoms with Crippen LogP contribution in [0.15, 0.2) is 18.2 Å². The Morgan fingerprint density at radius 1 is 1.23 bits per heavy atom. The quantitative estimate of drug-likeness (QED) is 0.746. The van der Waals surface area contributed by atoms with E-state index >= 15 is 0 Å². The van der Waals surface area contributed by atoms with Crippen LogP contribution in [-0.4, -0.2) is 42.5 Å². The number of carboxylic acid groups (broad SMARTS) is 1. The lowest BCUT2D eigenvalue weighted by Gasteiger charge is -2.24. The predicted octanol–water partition coefficient (Wildman–Crippen LogP) is 3.46. The molecule has 0 saturated carbocycles. The first kappa shape index (κ1) is 20.2. The summed E-state index contributed by atoms with van der Waals surface area (Å²) in [5, 5.41) is 8.86. The Morgan fingerprint density at radius 2 is 1.92 bits per heavy atom. The highest BCUT2D eigenvalue weighted by molar-refractivity contribution is 5.93. The van der Waals surface area contributed by atoms with Crippen LogP contribution < -0.4 is 4.74 Å². The fourth-order valence-electron chi connectivity index (χ4n) is 2.72. The smallest absolute Gasteiger partial charge is 0.342 e. The highest BCUT2D eigenvalue weighted by Crippen LogP contribution is 2.26. The second kappa shape index (κ2) is 9.03. The maximum atomic E-state index is 12.6. The first-order valence-electron chi connectivity index (χ1n) is 9.03. The number of hydrogen-bond acceptors (Lipinski definition) is 5. The minimum absolute atomic E-state index is 0.00996. The molecule has 1 N–H and O–H groups in total. The summed E-state index contributed by atoms with van der Waals surface area (Å²) in [6, 6.07) is 5.21. The van der Waals surface area contributed by atoms with Crippen LogP contribution in [-0.2, 0) is 20.7 Å². The van der Waals surface area contributed by atoms with E-state index in [9.17, 15) is 9.59 Å². The summed E-state index contributed by atoms with van der Waals surface area (Å²) in [6.07, 6.45) is 2.25. The van der Waals surface area contributed by atoms with Crippen molar-refractivity contribution >= 4 is 11.9 Å². The van der Waals surface area contributed by atoms with Crippen molar-refractivity contribution in [1.29, 1.82) is 0 Å².